The number of benzene rings is 1. The minimum Gasteiger partial charge on any atom is -0.308 e. The Bertz CT molecular complexity index is 1390. The van der Waals surface area contributed by atoms with E-state index < -0.39 is 0 Å². The first kappa shape index (κ1) is 23.3. The van der Waals surface area contributed by atoms with Crippen LogP contribution in [0.25, 0.3) is 11.3 Å². The van der Waals surface area contributed by atoms with Crippen molar-refractivity contribution < 1.29 is 9.59 Å². The van der Waals surface area contributed by atoms with Crippen LogP contribution in [0.15, 0.2) is 48.1 Å². The number of aromatic nitrogens is 3. The number of nitrogens with zero attached hydrogens (tertiary/aromatic N) is 4. The lowest BCUT2D eigenvalue weighted by Crippen LogP contribution is -2.34. The van der Waals surface area contributed by atoms with Crippen molar-refractivity contribution in [3.8, 4) is 11.3 Å². The summed E-state index contributed by atoms with van der Waals surface area (Å²) in [5.74, 6) is 0.223. The van der Waals surface area contributed by atoms with Crippen molar-refractivity contribution in [2.24, 2.45) is 0 Å². The summed E-state index contributed by atoms with van der Waals surface area (Å²) in [6, 6.07) is 9.93. The molecule has 0 spiro atoms. The summed E-state index contributed by atoms with van der Waals surface area (Å²) in [4.78, 5) is 41.2. The normalized spacial score (nSPS) is 13.3. The smallest absolute Gasteiger partial charge is 0.269 e. The third-order valence-electron chi connectivity index (χ3n) is 5.88. The van der Waals surface area contributed by atoms with Gasteiger partial charge in [0, 0.05) is 41.4 Å². The van der Waals surface area contributed by atoms with Gasteiger partial charge in [0.2, 0.25) is 5.91 Å². The molecule has 5 rings (SSSR count). The molecule has 0 atom stereocenters. The zero-order valence-electron chi connectivity index (χ0n) is 19.7. The number of aryl methyl sites for hydroxylation is 2. The molecule has 1 aliphatic heterocycles. The van der Waals surface area contributed by atoms with Crippen molar-refractivity contribution in [1.82, 2.24) is 15.0 Å². The Labute approximate surface area is 211 Å². The maximum atomic E-state index is 12.8. The van der Waals surface area contributed by atoms with Crippen LogP contribution in [0.2, 0.25) is 0 Å². The number of carbonyl (C=O) groups is 2. The van der Waals surface area contributed by atoms with E-state index in [0.29, 0.717) is 29.4 Å². The van der Waals surface area contributed by atoms with Gasteiger partial charge in [-0.05, 0) is 42.7 Å². The first-order valence-electron chi connectivity index (χ1n) is 11.5. The molecule has 9 heteroatoms. The molecule has 1 aromatic carbocycles. The summed E-state index contributed by atoms with van der Waals surface area (Å²) in [5, 5.41) is 6.37. The number of anilines is 2. The van der Waals surface area contributed by atoms with Gasteiger partial charge < -0.3 is 4.90 Å². The van der Waals surface area contributed by atoms with Gasteiger partial charge >= 0.3 is 0 Å². The van der Waals surface area contributed by atoms with Crippen LogP contribution in [0.4, 0.5) is 10.8 Å². The van der Waals surface area contributed by atoms with Crippen molar-refractivity contribution in [2.75, 3.05) is 10.2 Å². The summed E-state index contributed by atoms with van der Waals surface area (Å²) < 4.78 is 0. The molecule has 7 nitrogen and oxygen atoms in total. The fraction of sp³-hybridized carbons (Fsp3) is 0.269. The monoisotopic (exact) mass is 503 g/mol. The molecule has 4 aromatic rings. The molecule has 1 aliphatic rings. The van der Waals surface area contributed by atoms with Gasteiger partial charge in [0.25, 0.3) is 5.91 Å². The molecule has 0 unspecified atom stereocenters. The van der Waals surface area contributed by atoms with E-state index in [2.05, 4.69) is 40.2 Å². The summed E-state index contributed by atoms with van der Waals surface area (Å²) in [5.41, 5.74) is 5.55. The third kappa shape index (κ3) is 4.87. The molecular formula is C26H25N5O2S2. The average molecular weight is 504 g/mol. The van der Waals surface area contributed by atoms with E-state index in [-0.39, 0.29) is 17.7 Å². The average Bonchev–Trinajstić information content (AvgIpc) is 3.48. The first-order chi connectivity index (χ1) is 16.9. The Kier molecular flexibility index (Phi) is 6.44. The van der Waals surface area contributed by atoms with Gasteiger partial charge in [-0.1, -0.05) is 26.0 Å². The Morgan fingerprint density at radius 1 is 1.20 bits per heavy atom. The molecule has 0 saturated heterocycles. The van der Waals surface area contributed by atoms with E-state index in [1.807, 2.05) is 41.5 Å². The highest BCUT2D eigenvalue weighted by molar-refractivity contribution is 7.15. The van der Waals surface area contributed by atoms with E-state index in [1.54, 1.807) is 12.4 Å². The summed E-state index contributed by atoms with van der Waals surface area (Å²) in [6.45, 7) is 6.50. The SMILES string of the molecule is Cc1nc(C(C)C)sc1C(=O)Nc1nc(-c2ccc3c(c2)CCC(=O)N3Cc2cccnc2)cs1. The van der Waals surface area contributed by atoms with Crippen LogP contribution in [0.5, 0.6) is 0 Å². The largest absolute Gasteiger partial charge is 0.308 e. The molecule has 0 aliphatic carbocycles. The van der Waals surface area contributed by atoms with Crippen molar-refractivity contribution in [1.29, 1.82) is 0 Å². The second kappa shape index (κ2) is 9.67. The second-order valence-electron chi connectivity index (χ2n) is 8.80. The molecule has 0 bridgehead atoms. The highest BCUT2D eigenvalue weighted by atomic mass is 32.1. The number of carbonyl (C=O) groups excluding carboxylic acids is 2. The van der Waals surface area contributed by atoms with E-state index in [1.165, 1.54) is 22.7 Å². The van der Waals surface area contributed by atoms with Crippen LogP contribution in [0.3, 0.4) is 0 Å². The van der Waals surface area contributed by atoms with E-state index in [0.717, 1.165) is 38.8 Å². The molecule has 0 radical (unpaired) electrons. The number of hydrogen-bond acceptors (Lipinski definition) is 7. The number of nitrogens with one attached hydrogen (secondary N) is 1. The fourth-order valence-electron chi connectivity index (χ4n) is 4.06. The van der Waals surface area contributed by atoms with Gasteiger partial charge in [-0.3, -0.25) is 19.9 Å². The maximum absolute atomic E-state index is 12.8. The summed E-state index contributed by atoms with van der Waals surface area (Å²) in [7, 11) is 0. The van der Waals surface area contributed by atoms with E-state index >= 15 is 0 Å². The molecule has 1 N–H and O–H groups in total. The third-order valence-corrected chi connectivity index (χ3v) is 8.09. The summed E-state index contributed by atoms with van der Waals surface area (Å²) >= 11 is 2.83. The Morgan fingerprint density at radius 3 is 2.80 bits per heavy atom. The minimum absolute atomic E-state index is 0.117. The first-order valence-corrected chi connectivity index (χ1v) is 13.2. The number of fused-ring (bicyclic) bond motifs is 1. The maximum Gasteiger partial charge on any atom is 0.269 e. The predicted molar refractivity (Wildman–Crippen MR) is 140 cm³/mol. The van der Waals surface area contributed by atoms with E-state index in [4.69, 9.17) is 0 Å². The highest BCUT2D eigenvalue weighted by Gasteiger charge is 2.25. The quantitative estimate of drug-likeness (QED) is 0.358. The molecule has 178 valence electrons. The highest BCUT2D eigenvalue weighted by Crippen LogP contribution is 2.34. The molecule has 3 aromatic heterocycles. The second-order valence-corrected chi connectivity index (χ2v) is 10.7. The fourth-order valence-corrected chi connectivity index (χ4v) is 5.74. The molecule has 2 amide bonds. The molecule has 0 saturated carbocycles. The molecule has 35 heavy (non-hydrogen) atoms. The van der Waals surface area contributed by atoms with Crippen LogP contribution in [0, 0.1) is 6.92 Å². The van der Waals surface area contributed by atoms with Crippen molar-refractivity contribution in [2.45, 2.75) is 46.1 Å². The number of thiazole rings is 2. The lowest BCUT2D eigenvalue weighted by Gasteiger charge is -2.29. The van der Waals surface area contributed by atoms with Gasteiger partial charge in [-0.25, -0.2) is 9.97 Å². The lowest BCUT2D eigenvalue weighted by atomic mass is 9.97. The Balaban J connectivity index is 1.34. The summed E-state index contributed by atoms with van der Waals surface area (Å²) in [6.07, 6.45) is 4.69. The van der Waals surface area contributed by atoms with E-state index in [9.17, 15) is 9.59 Å². The van der Waals surface area contributed by atoms with Crippen LogP contribution in [0.1, 0.15) is 57.7 Å². The zero-order valence-corrected chi connectivity index (χ0v) is 21.4. The molecule has 4 heterocycles. The standard InChI is InChI=1S/C26H25N5O2S2/c1-15(2)25-28-16(3)23(35-25)24(33)30-26-29-20(14-34-26)18-6-8-21-19(11-18)7-9-22(32)31(21)13-17-5-4-10-27-12-17/h4-6,8,10-12,14-15H,7,9,13H2,1-3H3,(H,29,30,33). The number of amides is 2. The van der Waals surface area contributed by atoms with Gasteiger partial charge in [-0.15, -0.1) is 22.7 Å². The van der Waals surface area contributed by atoms with Crippen LogP contribution in [-0.2, 0) is 17.8 Å². The van der Waals surface area contributed by atoms with Gasteiger partial charge in [0.05, 0.1) is 22.9 Å². The predicted octanol–water partition coefficient (Wildman–Crippen LogP) is 5.83. The zero-order chi connectivity index (χ0) is 24.5. The van der Waals surface area contributed by atoms with Crippen LogP contribution < -0.4 is 10.2 Å². The van der Waals surface area contributed by atoms with Crippen molar-refractivity contribution in [3.05, 3.63) is 74.8 Å². The van der Waals surface area contributed by atoms with Crippen LogP contribution >= 0.6 is 22.7 Å². The number of rotatable bonds is 6. The van der Waals surface area contributed by atoms with Gasteiger partial charge in [-0.2, -0.15) is 0 Å². The number of hydrogen-bond donors (Lipinski definition) is 1. The number of pyridine rings is 1. The Hall–Kier alpha value is -3.43. The van der Waals surface area contributed by atoms with Gasteiger partial charge in [0.1, 0.15) is 4.88 Å². The van der Waals surface area contributed by atoms with Crippen molar-refractivity contribution in [3.63, 3.8) is 0 Å². The minimum atomic E-state index is -0.178. The molecular weight excluding hydrogens is 478 g/mol. The van der Waals surface area contributed by atoms with Crippen LogP contribution in [-0.4, -0.2) is 26.8 Å². The van der Waals surface area contributed by atoms with Gasteiger partial charge in [0.15, 0.2) is 5.13 Å². The topological polar surface area (TPSA) is 88.1 Å². The van der Waals surface area contributed by atoms with Crippen molar-refractivity contribution >= 4 is 45.3 Å². The lowest BCUT2D eigenvalue weighted by molar-refractivity contribution is -0.119. The molecule has 0 fully saturated rings. The Morgan fingerprint density at radius 2 is 2.06 bits per heavy atom.